The molecular formula is C44H26S. The van der Waals surface area contributed by atoms with Gasteiger partial charge < -0.3 is 0 Å². The van der Waals surface area contributed by atoms with Crippen molar-refractivity contribution in [2.24, 2.45) is 0 Å². The van der Waals surface area contributed by atoms with Crippen molar-refractivity contribution in [3.05, 3.63) is 158 Å². The van der Waals surface area contributed by atoms with Crippen molar-refractivity contribution in [2.75, 3.05) is 0 Å². The minimum Gasteiger partial charge on any atom is -0.0881 e. The van der Waals surface area contributed by atoms with Gasteiger partial charge in [-0.2, -0.15) is 0 Å². The van der Waals surface area contributed by atoms with Crippen LogP contribution < -0.4 is 0 Å². The van der Waals surface area contributed by atoms with E-state index in [2.05, 4.69) is 115 Å². The smallest absolute Gasteiger partial charge is 0.0629 e. The van der Waals surface area contributed by atoms with Crippen LogP contribution in [0.2, 0.25) is 0 Å². The van der Waals surface area contributed by atoms with Gasteiger partial charge in [-0.05, 0) is 106 Å². The molecule has 0 radical (unpaired) electrons. The maximum Gasteiger partial charge on any atom is 0.0629 e. The lowest BCUT2D eigenvalue weighted by molar-refractivity contribution is 1.39. The summed E-state index contributed by atoms with van der Waals surface area (Å²) in [6, 6.07) is 43.4. The molecule has 9 aromatic rings. The predicted octanol–water partition coefficient (Wildman–Crippen LogP) is 12.9. The molecule has 0 fully saturated rings. The molecule has 1 aliphatic rings. The van der Waals surface area contributed by atoms with Crippen molar-refractivity contribution in [3.8, 4) is 44.5 Å². The SMILES string of the molecule is [2H]c1c([2H])c([2H])c(-c2cc(-c3cccc4c3Sc3cccc5cccc-4c35)cc(-c3ccc4ccc5cccc6ccc3c4c56)c2)c([2H])c1[2H]. The van der Waals surface area contributed by atoms with E-state index in [0.717, 1.165) is 43.5 Å². The van der Waals surface area contributed by atoms with Crippen molar-refractivity contribution >= 4 is 54.9 Å². The Kier molecular flexibility index (Phi) is 4.37. The van der Waals surface area contributed by atoms with E-state index in [1.54, 1.807) is 11.8 Å². The van der Waals surface area contributed by atoms with E-state index in [9.17, 15) is 0 Å². The maximum absolute atomic E-state index is 8.92. The van der Waals surface area contributed by atoms with E-state index in [4.69, 9.17) is 6.85 Å². The molecule has 0 aliphatic carbocycles. The summed E-state index contributed by atoms with van der Waals surface area (Å²) in [7, 11) is 0. The van der Waals surface area contributed by atoms with E-state index in [1.165, 1.54) is 42.8 Å². The summed E-state index contributed by atoms with van der Waals surface area (Å²) >= 11 is 1.76. The quantitative estimate of drug-likeness (QED) is 0.184. The Morgan fingerprint density at radius 2 is 0.978 bits per heavy atom. The van der Waals surface area contributed by atoms with Crippen LogP contribution in [-0.2, 0) is 0 Å². The normalized spacial score (nSPS) is 13.9. The third-order valence-electron chi connectivity index (χ3n) is 9.26. The van der Waals surface area contributed by atoms with E-state index in [0.29, 0.717) is 5.56 Å². The Morgan fingerprint density at radius 3 is 1.80 bits per heavy atom. The molecule has 0 spiro atoms. The Labute approximate surface area is 273 Å². The molecule has 0 saturated heterocycles. The first-order valence-corrected chi connectivity index (χ1v) is 15.9. The van der Waals surface area contributed by atoms with Gasteiger partial charge >= 0.3 is 0 Å². The number of hydrogen-bond donors (Lipinski definition) is 0. The summed E-state index contributed by atoms with van der Waals surface area (Å²) in [6.07, 6.45) is 0. The average Bonchev–Trinajstić information content (AvgIpc) is 3.15. The molecule has 0 N–H and O–H groups in total. The Balaban J connectivity index is 1.28. The Morgan fingerprint density at radius 1 is 0.400 bits per heavy atom. The van der Waals surface area contributed by atoms with E-state index >= 15 is 0 Å². The number of fused-ring (bicyclic) bond motifs is 2. The molecule has 0 nitrogen and oxygen atoms in total. The Bertz CT molecular complexity index is 2860. The molecule has 1 heteroatoms. The zero-order valence-corrected chi connectivity index (χ0v) is 24.8. The number of benzene rings is 9. The van der Waals surface area contributed by atoms with E-state index in [1.807, 2.05) is 12.1 Å². The minimum absolute atomic E-state index is 0.198. The first-order chi connectivity index (χ1) is 24.4. The van der Waals surface area contributed by atoms with Crippen LogP contribution in [0.1, 0.15) is 6.85 Å². The van der Waals surface area contributed by atoms with Crippen LogP contribution in [0.25, 0.3) is 87.6 Å². The zero-order chi connectivity index (χ0) is 33.8. The minimum atomic E-state index is -0.395. The molecule has 10 rings (SSSR count). The van der Waals surface area contributed by atoms with Gasteiger partial charge in [0.05, 0.1) is 6.85 Å². The van der Waals surface area contributed by atoms with E-state index < -0.39 is 6.04 Å². The summed E-state index contributed by atoms with van der Waals surface area (Å²) in [5, 5.41) is 9.55. The van der Waals surface area contributed by atoms with Crippen LogP contribution in [-0.4, -0.2) is 0 Å². The first kappa shape index (κ1) is 20.6. The summed E-state index contributed by atoms with van der Waals surface area (Å²) in [6.45, 7) is 0. The van der Waals surface area contributed by atoms with Gasteiger partial charge in [0.25, 0.3) is 0 Å². The molecule has 0 unspecified atom stereocenters. The lowest BCUT2D eigenvalue weighted by atomic mass is 9.87. The molecule has 0 amide bonds. The van der Waals surface area contributed by atoms with Gasteiger partial charge in [0, 0.05) is 15.2 Å². The first-order valence-electron chi connectivity index (χ1n) is 17.6. The van der Waals surface area contributed by atoms with Gasteiger partial charge in [0.15, 0.2) is 0 Å². The van der Waals surface area contributed by atoms with Crippen LogP contribution in [0.3, 0.4) is 0 Å². The van der Waals surface area contributed by atoms with Gasteiger partial charge in [0.1, 0.15) is 0 Å². The summed E-state index contributed by atoms with van der Waals surface area (Å²) < 4.78 is 43.1. The average molecular weight is 592 g/mol. The summed E-state index contributed by atoms with van der Waals surface area (Å²) in [4.78, 5) is 2.34. The molecule has 45 heavy (non-hydrogen) atoms. The van der Waals surface area contributed by atoms with Crippen molar-refractivity contribution in [1.29, 1.82) is 0 Å². The van der Waals surface area contributed by atoms with Crippen molar-refractivity contribution in [1.82, 2.24) is 0 Å². The fraction of sp³-hybridized carbons (Fsp3) is 0. The van der Waals surface area contributed by atoms with Gasteiger partial charge in [-0.15, -0.1) is 0 Å². The molecule has 9 aromatic carbocycles. The second-order valence-electron chi connectivity index (χ2n) is 11.7. The fourth-order valence-electron chi connectivity index (χ4n) is 7.28. The molecule has 208 valence electrons. The predicted molar refractivity (Wildman–Crippen MR) is 194 cm³/mol. The van der Waals surface area contributed by atoms with Gasteiger partial charge in [0.2, 0.25) is 0 Å². The lowest BCUT2D eigenvalue weighted by Crippen LogP contribution is -1.96. The Hall–Kier alpha value is -5.37. The van der Waals surface area contributed by atoms with E-state index in [-0.39, 0.29) is 29.7 Å². The number of hydrogen-bond acceptors (Lipinski definition) is 1. The highest BCUT2D eigenvalue weighted by molar-refractivity contribution is 8.00. The van der Waals surface area contributed by atoms with Crippen LogP contribution in [0.5, 0.6) is 0 Å². The molecule has 1 aliphatic heterocycles. The largest absolute Gasteiger partial charge is 0.0881 e. The maximum atomic E-state index is 8.92. The second-order valence-corrected chi connectivity index (χ2v) is 12.8. The van der Waals surface area contributed by atoms with Gasteiger partial charge in [-0.25, -0.2) is 0 Å². The zero-order valence-electron chi connectivity index (χ0n) is 29.0. The second kappa shape index (κ2) is 9.56. The van der Waals surface area contributed by atoms with Gasteiger partial charge in [-0.3, -0.25) is 0 Å². The summed E-state index contributed by atoms with van der Waals surface area (Å²) in [5.74, 6) is 0. The number of rotatable bonds is 3. The molecule has 0 atom stereocenters. The summed E-state index contributed by atoms with van der Waals surface area (Å²) in [5.41, 5.74) is 7.04. The molecule has 0 saturated carbocycles. The van der Waals surface area contributed by atoms with Crippen LogP contribution in [0.15, 0.2) is 167 Å². The van der Waals surface area contributed by atoms with Crippen LogP contribution >= 0.6 is 11.8 Å². The molecular weight excluding hydrogens is 561 g/mol. The fourth-order valence-corrected chi connectivity index (χ4v) is 8.56. The van der Waals surface area contributed by atoms with Gasteiger partial charge in [-0.1, -0.05) is 145 Å². The van der Waals surface area contributed by atoms with Crippen LogP contribution in [0, 0.1) is 0 Å². The highest BCUT2D eigenvalue weighted by Crippen LogP contribution is 2.52. The monoisotopic (exact) mass is 591 g/mol. The van der Waals surface area contributed by atoms with Crippen molar-refractivity contribution < 1.29 is 6.85 Å². The topological polar surface area (TPSA) is 0 Å². The highest BCUT2D eigenvalue weighted by Gasteiger charge is 2.23. The van der Waals surface area contributed by atoms with Crippen molar-refractivity contribution in [3.63, 3.8) is 0 Å². The molecule has 0 aromatic heterocycles. The third-order valence-corrected chi connectivity index (χ3v) is 10.5. The highest BCUT2D eigenvalue weighted by atomic mass is 32.2. The van der Waals surface area contributed by atoms with Crippen molar-refractivity contribution in [2.45, 2.75) is 9.79 Å². The molecule has 0 bridgehead atoms. The molecule has 1 heterocycles. The standard InChI is InChI=1S/C44H26S/c1-2-8-27(9-3-1)32-24-33(35-22-20-31-19-18-29-10-4-11-30-21-23-38(35)43(31)41(29)30)26-34(25-32)36-14-7-16-39-37-15-5-12-28-13-6-17-40(42(28)37)45-44(36)39/h1-26H/i1D,2D,3D,8D,9D. The third kappa shape index (κ3) is 3.75. The lowest BCUT2D eigenvalue weighted by Gasteiger charge is -2.23. The van der Waals surface area contributed by atoms with Crippen LogP contribution in [0.4, 0.5) is 0 Å².